The summed E-state index contributed by atoms with van der Waals surface area (Å²) < 4.78 is -0.128. The van der Waals surface area contributed by atoms with Gasteiger partial charge in [0.25, 0.3) is 0 Å². The number of quaternary nitrogens is 1. The van der Waals surface area contributed by atoms with E-state index in [1.807, 2.05) is 0 Å². The van der Waals surface area contributed by atoms with Gasteiger partial charge in [0.05, 0.1) is 20.6 Å². The van der Waals surface area contributed by atoms with Crippen molar-refractivity contribution in [2.75, 3.05) is 41.3 Å². The van der Waals surface area contributed by atoms with Crippen LogP contribution in [0.25, 0.3) is 0 Å². The van der Waals surface area contributed by atoms with Crippen molar-refractivity contribution in [3.63, 3.8) is 0 Å². The highest BCUT2D eigenvalue weighted by molar-refractivity contribution is 4.49. The van der Waals surface area contributed by atoms with Crippen LogP contribution in [0, 0.1) is 5.21 Å². The SMILES string of the molecule is CCCCCCCCCCCCN(C)C.CCCCCCCCCCCC[N+](C)(C)[O-]. The monoisotopic (exact) mass is 442 g/mol. The van der Waals surface area contributed by atoms with Crippen molar-refractivity contribution in [1.29, 1.82) is 0 Å². The average molecular weight is 443 g/mol. The Bertz CT molecular complexity index is 313. The van der Waals surface area contributed by atoms with Crippen molar-refractivity contribution >= 4 is 0 Å². The van der Waals surface area contributed by atoms with Crippen LogP contribution in [0.3, 0.4) is 0 Å². The van der Waals surface area contributed by atoms with Crippen molar-refractivity contribution < 1.29 is 4.65 Å². The zero-order valence-corrected chi connectivity index (χ0v) is 22.9. The third-order valence-electron chi connectivity index (χ3n) is 6.01. The molecule has 0 N–H and O–H groups in total. The third kappa shape index (κ3) is 37.5. The Morgan fingerprint density at radius 2 is 0.774 bits per heavy atom. The predicted octanol–water partition coefficient (Wildman–Crippen LogP) is 8.95. The topological polar surface area (TPSA) is 26.3 Å². The number of unbranched alkanes of at least 4 members (excludes halogenated alkanes) is 18. The van der Waals surface area contributed by atoms with Crippen molar-refractivity contribution in [3.05, 3.63) is 5.21 Å². The first-order valence-electron chi connectivity index (χ1n) is 14.0. The first kappa shape index (κ1) is 33.1. The highest BCUT2D eigenvalue weighted by atomic mass is 16.5. The molecule has 0 aromatic rings. The highest BCUT2D eigenvalue weighted by Gasteiger charge is 2.00. The second-order valence-electron chi connectivity index (χ2n) is 10.5. The zero-order valence-electron chi connectivity index (χ0n) is 22.9. The summed E-state index contributed by atoms with van der Waals surface area (Å²) in [6, 6.07) is 0. The lowest BCUT2D eigenvalue weighted by molar-refractivity contribution is -0.840. The Hall–Kier alpha value is -0.120. The smallest absolute Gasteiger partial charge is 0.0779 e. The fourth-order valence-electron chi connectivity index (χ4n) is 3.90. The molecule has 3 heteroatoms. The van der Waals surface area contributed by atoms with Gasteiger partial charge in [0.1, 0.15) is 0 Å². The van der Waals surface area contributed by atoms with Crippen molar-refractivity contribution in [2.45, 2.75) is 142 Å². The third-order valence-corrected chi connectivity index (χ3v) is 6.01. The molecule has 31 heavy (non-hydrogen) atoms. The van der Waals surface area contributed by atoms with Gasteiger partial charge >= 0.3 is 0 Å². The minimum Gasteiger partial charge on any atom is -0.633 e. The Morgan fingerprint density at radius 3 is 1.06 bits per heavy atom. The van der Waals surface area contributed by atoms with Gasteiger partial charge in [0, 0.05) is 0 Å². The summed E-state index contributed by atoms with van der Waals surface area (Å²) in [6.45, 7) is 6.58. The molecule has 0 spiro atoms. The molecule has 0 unspecified atom stereocenters. The molecule has 0 aliphatic heterocycles. The van der Waals surface area contributed by atoms with Crippen LogP contribution < -0.4 is 0 Å². The van der Waals surface area contributed by atoms with Crippen LogP contribution in [-0.4, -0.2) is 50.8 Å². The second kappa shape index (κ2) is 26.1. The van der Waals surface area contributed by atoms with Crippen LogP contribution >= 0.6 is 0 Å². The molecular formula is C28H62N2O. The molecule has 0 radical (unpaired) electrons. The maximum absolute atomic E-state index is 11.3. The number of hydroxylamine groups is 3. The number of hydrogen-bond acceptors (Lipinski definition) is 2. The van der Waals surface area contributed by atoms with Crippen LogP contribution in [0.2, 0.25) is 0 Å². The molecule has 0 aromatic carbocycles. The van der Waals surface area contributed by atoms with Gasteiger partial charge in [-0.15, -0.1) is 0 Å². The van der Waals surface area contributed by atoms with E-state index in [4.69, 9.17) is 0 Å². The van der Waals surface area contributed by atoms with Crippen molar-refractivity contribution in [1.82, 2.24) is 4.90 Å². The number of nitrogens with zero attached hydrogens (tertiary/aromatic N) is 2. The maximum Gasteiger partial charge on any atom is 0.0779 e. The molecule has 0 fully saturated rings. The molecule has 0 bridgehead atoms. The first-order valence-corrected chi connectivity index (χ1v) is 14.0. The quantitative estimate of drug-likeness (QED) is 0.0949. The summed E-state index contributed by atoms with van der Waals surface area (Å²) in [6.07, 6.45) is 27.7. The number of hydrogen-bond donors (Lipinski definition) is 0. The minimum absolute atomic E-state index is 0.128. The maximum atomic E-state index is 11.3. The zero-order chi connectivity index (χ0) is 23.6. The normalized spacial score (nSPS) is 11.6. The molecule has 3 nitrogen and oxygen atoms in total. The van der Waals surface area contributed by atoms with E-state index in [1.54, 1.807) is 14.1 Å². The summed E-state index contributed by atoms with van der Waals surface area (Å²) in [5.74, 6) is 0. The summed E-state index contributed by atoms with van der Waals surface area (Å²) in [5.41, 5.74) is 0. The molecule has 0 saturated heterocycles. The fourth-order valence-corrected chi connectivity index (χ4v) is 3.90. The van der Waals surface area contributed by atoms with Crippen LogP contribution in [0.1, 0.15) is 142 Å². The lowest BCUT2D eigenvalue weighted by atomic mass is 10.1. The van der Waals surface area contributed by atoms with Gasteiger partial charge in [-0.2, -0.15) is 0 Å². The standard InChI is InChI=1S/C14H31NO.C14H31N/c1-4-5-6-7-8-9-10-11-12-13-14-15(2,3)16;1-4-5-6-7-8-9-10-11-12-13-14-15(2)3/h4-14H2,1-3H3;4-14H2,1-3H3. The summed E-state index contributed by atoms with van der Waals surface area (Å²) in [4.78, 5) is 2.28. The van der Waals surface area contributed by atoms with Gasteiger partial charge < -0.3 is 14.8 Å². The summed E-state index contributed by atoms with van der Waals surface area (Å²) >= 11 is 0. The second-order valence-corrected chi connectivity index (χ2v) is 10.5. The molecule has 0 aromatic heterocycles. The highest BCUT2D eigenvalue weighted by Crippen LogP contribution is 2.12. The van der Waals surface area contributed by atoms with Crippen LogP contribution in [-0.2, 0) is 0 Å². The predicted molar refractivity (Wildman–Crippen MR) is 143 cm³/mol. The Morgan fingerprint density at radius 1 is 0.484 bits per heavy atom. The van der Waals surface area contributed by atoms with E-state index >= 15 is 0 Å². The van der Waals surface area contributed by atoms with Gasteiger partial charge in [-0.1, -0.05) is 123 Å². The van der Waals surface area contributed by atoms with Crippen molar-refractivity contribution in [3.8, 4) is 0 Å². The van der Waals surface area contributed by atoms with E-state index in [2.05, 4.69) is 32.8 Å². The van der Waals surface area contributed by atoms with Gasteiger partial charge in [0.15, 0.2) is 0 Å². The summed E-state index contributed by atoms with van der Waals surface area (Å²) in [7, 11) is 7.78. The van der Waals surface area contributed by atoms with Crippen LogP contribution in [0.5, 0.6) is 0 Å². The average Bonchev–Trinajstić information content (AvgIpc) is 2.70. The largest absolute Gasteiger partial charge is 0.633 e. The van der Waals surface area contributed by atoms with Crippen molar-refractivity contribution in [2.24, 2.45) is 0 Å². The van der Waals surface area contributed by atoms with Gasteiger partial charge in [0.2, 0.25) is 0 Å². The molecule has 0 saturated carbocycles. The first-order chi connectivity index (χ1) is 14.8. The molecule has 0 heterocycles. The molecule has 0 rings (SSSR count). The van der Waals surface area contributed by atoms with E-state index in [9.17, 15) is 5.21 Å². The molecular weight excluding hydrogens is 380 g/mol. The molecule has 0 amide bonds. The van der Waals surface area contributed by atoms with E-state index in [0.29, 0.717) is 0 Å². The van der Waals surface area contributed by atoms with E-state index in [-0.39, 0.29) is 4.65 Å². The Kier molecular flexibility index (Phi) is 27.9. The van der Waals surface area contributed by atoms with Gasteiger partial charge in [-0.25, -0.2) is 0 Å². The van der Waals surface area contributed by atoms with E-state index in [1.165, 1.54) is 129 Å². The Labute approximate surface area is 198 Å². The Balaban J connectivity index is 0. The van der Waals surface area contributed by atoms with E-state index in [0.717, 1.165) is 13.0 Å². The van der Waals surface area contributed by atoms with Crippen LogP contribution in [0.4, 0.5) is 0 Å². The molecule has 0 aliphatic carbocycles. The number of rotatable bonds is 22. The fraction of sp³-hybridized carbons (Fsp3) is 1.00. The lowest BCUT2D eigenvalue weighted by Crippen LogP contribution is -2.32. The van der Waals surface area contributed by atoms with E-state index < -0.39 is 0 Å². The lowest BCUT2D eigenvalue weighted by Gasteiger charge is -2.33. The van der Waals surface area contributed by atoms with Crippen LogP contribution in [0.15, 0.2) is 0 Å². The molecule has 0 atom stereocenters. The van der Waals surface area contributed by atoms with Gasteiger partial charge in [-0.05, 0) is 39.9 Å². The molecule has 0 aliphatic rings. The summed E-state index contributed by atoms with van der Waals surface area (Å²) in [5, 5.41) is 11.3. The molecule has 190 valence electrons. The minimum atomic E-state index is -0.128. The van der Waals surface area contributed by atoms with Gasteiger partial charge in [-0.3, -0.25) is 0 Å².